The molecule has 0 radical (unpaired) electrons. The zero-order valence-corrected chi connectivity index (χ0v) is 21.2. The van der Waals surface area contributed by atoms with Gasteiger partial charge in [0.15, 0.2) is 0 Å². The van der Waals surface area contributed by atoms with Gasteiger partial charge in [-0.1, -0.05) is 18.2 Å². The molecule has 0 aromatic heterocycles. The molecule has 0 spiro atoms. The van der Waals surface area contributed by atoms with E-state index in [1.54, 1.807) is 63.4 Å². The van der Waals surface area contributed by atoms with Gasteiger partial charge in [0.25, 0.3) is 10.1 Å². The number of esters is 2. The Morgan fingerprint density at radius 1 is 0.840 bits per heavy atom. The molecule has 0 bridgehead atoms. The second-order valence-corrected chi connectivity index (χ2v) is 10.2. The Labute approximate surface area is 197 Å². The average molecular weight is 810 g/mol. The lowest BCUT2D eigenvalue weighted by Crippen LogP contribution is -2.20. The maximum atomic E-state index is 12.5. The summed E-state index contributed by atoms with van der Waals surface area (Å²) in [5, 5.41) is 0. The highest BCUT2D eigenvalue weighted by atomic mass is 127. The van der Waals surface area contributed by atoms with Crippen LogP contribution in [0.25, 0.3) is 0 Å². The number of carbonyl (C=O) groups excluding carboxylic acids is 2. The van der Waals surface area contributed by atoms with E-state index in [4.69, 9.17) is 4.74 Å². The first-order valence-electron chi connectivity index (χ1n) is 6.20. The fourth-order valence-corrected chi connectivity index (χ4v) is 7.19. The summed E-state index contributed by atoms with van der Waals surface area (Å²) in [5.74, 6) is -2.05. The summed E-state index contributed by atoms with van der Waals surface area (Å²) in [7, 11) is -4.70. The van der Waals surface area contributed by atoms with Gasteiger partial charge in [-0.15, -0.1) is 0 Å². The molecular weight excluding hydrogens is 804 g/mol. The largest absolute Gasteiger partial charge is 0.386 e. The highest BCUT2D eigenvalue weighted by molar-refractivity contribution is 14.1. The Balaban J connectivity index is 2.58. The molecule has 2 aromatic rings. The summed E-state index contributed by atoms with van der Waals surface area (Å²) < 4.78 is 39.6. The van der Waals surface area contributed by atoms with E-state index in [9.17, 15) is 22.6 Å². The summed E-state index contributed by atoms with van der Waals surface area (Å²) in [6, 6.07) is 7.83. The van der Waals surface area contributed by atoms with Crippen molar-refractivity contribution in [3.8, 4) is 0 Å². The molecule has 0 atom stereocenters. The minimum Gasteiger partial charge on any atom is -0.386 e. The molecule has 0 unspecified atom stereocenters. The van der Waals surface area contributed by atoms with Gasteiger partial charge in [0.05, 0.1) is 11.1 Å². The third-order valence-electron chi connectivity index (χ3n) is 2.88. The van der Waals surface area contributed by atoms with E-state index >= 15 is 0 Å². The van der Waals surface area contributed by atoms with Crippen molar-refractivity contribution in [1.82, 2.24) is 0 Å². The lowest BCUT2D eigenvalue weighted by Gasteiger charge is -2.14. The van der Waals surface area contributed by atoms with Gasteiger partial charge in [0, 0.05) is 14.3 Å². The Kier molecular flexibility index (Phi) is 7.48. The predicted octanol–water partition coefficient (Wildman–Crippen LogP) is 4.35. The van der Waals surface area contributed by atoms with Crippen LogP contribution < -0.4 is 0 Å². The lowest BCUT2D eigenvalue weighted by molar-refractivity contribution is 0.0393. The van der Waals surface area contributed by atoms with Crippen LogP contribution in [0.1, 0.15) is 20.7 Å². The van der Waals surface area contributed by atoms with E-state index in [0.29, 0.717) is 7.14 Å². The summed E-state index contributed by atoms with van der Waals surface area (Å²) in [4.78, 5) is 24.0. The van der Waals surface area contributed by atoms with Gasteiger partial charge in [0.2, 0.25) is 0 Å². The topological polar surface area (TPSA) is 97.7 Å². The molecule has 6 nitrogen and oxygen atoms in total. The highest BCUT2D eigenvalue weighted by Gasteiger charge is 2.32. The fraction of sp³-hybridized carbons (Fsp3) is 0. The van der Waals surface area contributed by atoms with Crippen molar-refractivity contribution in [2.75, 3.05) is 0 Å². The zero-order valence-electron chi connectivity index (χ0n) is 11.8. The Bertz CT molecular complexity index is 973. The predicted molar refractivity (Wildman–Crippen MR) is 123 cm³/mol. The second-order valence-electron chi connectivity index (χ2n) is 4.48. The molecule has 0 fully saturated rings. The van der Waals surface area contributed by atoms with E-state index in [1.165, 1.54) is 12.1 Å². The number of hydrogen-bond donors (Lipinski definition) is 1. The molecule has 0 saturated carbocycles. The number of ether oxygens (including phenoxy) is 1. The minimum absolute atomic E-state index is 0.147. The van der Waals surface area contributed by atoms with Gasteiger partial charge in [-0.2, -0.15) is 8.42 Å². The van der Waals surface area contributed by atoms with Crippen LogP contribution in [0.2, 0.25) is 0 Å². The standard InChI is InChI=1S/C14H6I4O6S/c15-8-7(12(25(21,22)23)11(18)10(17)9(8)16)14(20)24-13(19)6-4-2-1-3-5-6/h1-5H,(H,21,22,23). The second kappa shape index (κ2) is 8.61. The molecule has 1 N–H and O–H groups in total. The maximum Gasteiger partial charge on any atom is 0.348 e. The van der Waals surface area contributed by atoms with Crippen molar-refractivity contribution in [3.05, 3.63) is 55.7 Å². The lowest BCUT2D eigenvalue weighted by atomic mass is 10.2. The molecule has 0 heterocycles. The van der Waals surface area contributed by atoms with Crippen LogP contribution in [0.15, 0.2) is 35.2 Å². The highest BCUT2D eigenvalue weighted by Crippen LogP contribution is 2.35. The molecule has 0 aliphatic heterocycles. The Hall–Kier alpha value is 0.410. The normalized spacial score (nSPS) is 11.2. The van der Waals surface area contributed by atoms with E-state index in [1.807, 2.05) is 45.2 Å². The van der Waals surface area contributed by atoms with Crippen LogP contribution in [0.4, 0.5) is 0 Å². The molecule has 0 saturated heterocycles. The van der Waals surface area contributed by atoms with Crippen molar-refractivity contribution in [2.24, 2.45) is 0 Å². The molecule has 0 aliphatic carbocycles. The van der Waals surface area contributed by atoms with E-state index in [0.717, 1.165) is 0 Å². The zero-order chi connectivity index (χ0) is 18.9. The number of carbonyl (C=O) groups is 2. The minimum atomic E-state index is -4.70. The first-order valence-corrected chi connectivity index (χ1v) is 12.0. The van der Waals surface area contributed by atoms with Crippen LogP contribution in [-0.4, -0.2) is 24.9 Å². The third kappa shape index (κ3) is 4.82. The van der Waals surface area contributed by atoms with Gasteiger partial charge in [0.1, 0.15) is 4.90 Å². The van der Waals surface area contributed by atoms with Crippen LogP contribution in [-0.2, 0) is 14.9 Å². The molecule has 132 valence electrons. The molecule has 2 aromatic carbocycles. The van der Waals surface area contributed by atoms with Gasteiger partial charge < -0.3 is 4.74 Å². The third-order valence-corrected chi connectivity index (χ3v) is 11.6. The maximum absolute atomic E-state index is 12.5. The number of benzene rings is 2. The SMILES string of the molecule is O=C(OC(=O)c1c(I)c(I)c(I)c(I)c1S(=O)(=O)O)c1ccccc1. The van der Waals surface area contributed by atoms with Gasteiger partial charge in [-0.3, -0.25) is 4.55 Å². The van der Waals surface area contributed by atoms with Crippen LogP contribution in [0.5, 0.6) is 0 Å². The van der Waals surface area contributed by atoms with Gasteiger partial charge >= 0.3 is 11.9 Å². The van der Waals surface area contributed by atoms with Crippen molar-refractivity contribution in [2.45, 2.75) is 4.90 Å². The molecular formula is C14H6I4O6S. The molecule has 25 heavy (non-hydrogen) atoms. The van der Waals surface area contributed by atoms with E-state index < -0.39 is 27.0 Å². The van der Waals surface area contributed by atoms with Gasteiger partial charge in [-0.05, 0) is 102 Å². The Morgan fingerprint density at radius 2 is 1.36 bits per heavy atom. The van der Waals surface area contributed by atoms with Crippen LogP contribution in [0.3, 0.4) is 0 Å². The van der Waals surface area contributed by atoms with Crippen LogP contribution in [0, 0.1) is 14.3 Å². The van der Waals surface area contributed by atoms with Crippen molar-refractivity contribution >= 4 is 112 Å². The van der Waals surface area contributed by atoms with Gasteiger partial charge in [-0.25, -0.2) is 9.59 Å². The van der Waals surface area contributed by atoms with Crippen LogP contribution >= 0.6 is 90.4 Å². The number of hydrogen-bond acceptors (Lipinski definition) is 5. The monoisotopic (exact) mass is 810 g/mol. The van der Waals surface area contributed by atoms with Crippen molar-refractivity contribution in [1.29, 1.82) is 0 Å². The number of rotatable bonds is 3. The molecule has 11 heteroatoms. The molecule has 2 rings (SSSR count). The summed E-state index contributed by atoms with van der Waals surface area (Å²) >= 11 is 7.39. The smallest absolute Gasteiger partial charge is 0.348 e. The molecule has 0 aliphatic rings. The fourth-order valence-electron chi connectivity index (χ4n) is 1.80. The Morgan fingerprint density at radius 3 is 1.88 bits per heavy atom. The first-order chi connectivity index (χ1) is 11.6. The summed E-state index contributed by atoms with van der Waals surface area (Å²) in [6.07, 6.45) is 0. The summed E-state index contributed by atoms with van der Waals surface area (Å²) in [5.41, 5.74) is -0.212. The number of halogens is 4. The summed E-state index contributed by atoms with van der Waals surface area (Å²) in [6.45, 7) is 0. The van der Waals surface area contributed by atoms with Crippen molar-refractivity contribution in [3.63, 3.8) is 0 Å². The molecule has 0 amide bonds. The van der Waals surface area contributed by atoms with E-state index in [2.05, 4.69) is 0 Å². The van der Waals surface area contributed by atoms with Crippen molar-refractivity contribution < 1.29 is 27.3 Å². The first kappa shape index (κ1) is 21.7. The average Bonchev–Trinajstić information content (AvgIpc) is 2.55. The quantitative estimate of drug-likeness (QED) is 0.124. The van der Waals surface area contributed by atoms with E-state index in [-0.39, 0.29) is 18.3 Å².